The molecule has 0 aliphatic heterocycles. The lowest BCUT2D eigenvalue weighted by Gasteiger charge is -2.20. The largest absolute Gasteiger partial charge is 0.356 e. The Morgan fingerprint density at radius 3 is 2.43 bits per heavy atom. The highest BCUT2D eigenvalue weighted by Crippen LogP contribution is 2.17. The number of benzene rings is 1. The smallest absolute Gasteiger partial charge is 0.191 e. The first-order valence-electron chi connectivity index (χ1n) is 9.14. The van der Waals surface area contributed by atoms with Gasteiger partial charge in [0.25, 0.3) is 0 Å². The minimum Gasteiger partial charge on any atom is -0.356 e. The Bertz CT molecular complexity index is 819. The number of aliphatic imine (C=N–C) groups is 1. The Balaban J connectivity index is 0.00000392. The molecule has 0 spiro atoms. The van der Waals surface area contributed by atoms with Gasteiger partial charge in [-0.3, -0.25) is 9.67 Å². The van der Waals surface area contributed by atoms with Crippen molar-refractivity contribution in [3.8, 4) is 0 Å². The van der Waals surface area contributed by atoms with E-state index in [2.05, 4.69) is 34.6 Å². The lowest BCUT2D eigenvalue weighted by atomic mass is 10.0. The van der Waals surface area contributed by atoms with Gasteiger partial charge >= 0.3 is 0 Å². The topological polar surface area (TPSA) is 54.2 Å². The zero-order chi connectivity index (χ0) is 20.1. The molecule has 1 aromatic carbocycles. The molecule has 156 valence electrons. The average molecular weight is 505 g/mol. The van der Waals surface area contributed by atoms with Crippen molar-refractivity contribution in [1.29, 1.82) is 0 Å². The van der Waals surface area contributed by atoms with E-state index in [1.54, 1.807) is 13.1 Å². The summed E-state index contributed by atoms with van der Waals surface area (Å²) in [6.07, 6.45) is 0.838. The Labute approximate surface area is 183 Å². The normalized spacial score (nSPS) is 13.6. The molecule has 2 unspecified atom stereocenters. The first-order chi connectivity index (χ1) is 12.7. The Hall–Kier alpha value is -1.71. The molecule has 1 aromatic heterocycles. The molecule has 0 saturated carbocycles. The monoisotopic (exact) mass is 505 g/mol. The summed E-state index contributed by atoms with van der Waals surface area (Å²) in [4.78, 5) is 4.26. The van der Waals surface area contributed by atoms with Gasteiger partial charge in [0, 0.05) is 32.4 Å². The summed E-state index contributed by atoms with van der Waals surface area (Å²) in [6, 6.07) is 4.18. The third-order valence-corrected chi connectivity index (χ3v) is 4.86. The number of halogens is 3. The lowest BCUT2D eigenvalue weighted by Crippen LogP contribution is -2.44. The second kappa shape index (κ2) is 10.7. The maximum absolute atomic E-state index is 13.4. The molecule has 0 amide bonds. The summed E-state index contributed by atoms with van der Waals surface area (Å²) in [5, 5.41) is 11.1. The van der Waals surface area contributed by atoms with Gasteiger partial charge in [0.15, 0.2) is 17.6 Å². The Morgan fingerprint density at radius 2 is 1.89 bits per heavy atom. The minimum absolute atomic E-state index is 0. The van der Waals surface area contributed by atoms with Crippen LogP contribution in [0.2, 0.25) is 0 Å². The van der Waals surface area contributed by atoms with Crippen molar-refractivity contribution in [1.82, 2.24) is 20.4 Å². The van der Waals surface area contributed by atoms with E-state index in [9.17, 15) is 8.78 Å². The quantitative estimate of drug-likeness (QED) is 0.357. The van der Waals surface area contributed by atoms with Gasteiger partial charge in [-0.05, 0) is 56.4 Å². The summed E-state index contributed by atoms with van der Waals surface area (Å²) in [5.41, 5.74) is 4.18. The van der Waals surface area contributed by atoms with Crippen LogP contribution in [0.25, 0.3) is 0 Å². The molecular weight excluding hydrogens is 475 g/mol. The van der Waals surface area contributed by atoms with Crippen molar-refractivity contribution in [2.24, 2.45) is 12.0 Å². The number of hydrogen-bond donors (Lipinski definition) is 2. The first-order valence-corrected chi connectivity index (χ1v) is 9.14. The van der Waals surface area contributed by atoms with Gasteiger partial charge in [-0.2, -0.15) is 5.10 Å². The first kappa shape index (κ1) is 24.3. The van der Waals surface area contributed by atoms with E-state index in [0.29, 0.717) is 12.5 Å². The van der Waals surface area contributed by atoms with Gasteiger partial charge in [0.05, 0.1) is 5.69 Å². The standard InChI is InChI=1S/C20H29F2N5.HI/c1-12(16-7-8-18(21)19(22)10-16)11-24-20(23-5)25-13(2)9-17-14(3)26-27(6)15(17)4;/h7-8,10,12-13H,9,11H2,1-6H3,(H2,23,24,25);1H. The van der Waals surface area contributed by atoms with Crippen molar-refractivity contribution in [2.75, 3.05) is 13.6 Å². The highest BCUT2D eigenvalue weighted by Gasteiger charge is 2.15. The molecule has 2 rings (SSSR count). The number of aromatic nitrogens is 2. The van der Waals surface area contributed by atoms with Crippen molar-refractivity contribution in [3.63, 3.8) is 0 Å². The highest BCUT2D eigenvalue weighted by atomic mass is 127. The predicted octanol–water partition coefficient (Wildman–Crippen LogP) is 3.83. The molecule has 5 nitrogen and oxygen atoms in total. The van der Waals surface area contributed by atoms with Crippen molar-refractivity contribution < 1.29 is 8.78 Å². The molecule has 0 aliphatic carbocycles. The summed E-state index contributed by atoms with van der Waals surface area (Å²) in [6.45, 7) is 8.70. The van der Waals surface area contributed by atoms with Crippen LogP contribution in [0, 0.1) is 25.5 Å². The second-order valence-electron chi connectivity index (χ2n) is 7.05. The number of nitrogens with one attached hydrogen (secondary N) is 2. The minimum atomic E-state index is -0.828. The molecule has 8 heteroatoms. The number of aryl methyl sites for hydroxylation is 2. The second-order valence-corrected chi connectivity index (χ2v) is 7.05. The van der Waals surface area contributed by atoms with Crippen LogP contribution in [0.1, 0.15) is 42.3 Å². The zero-order valence-electron chi connectivity index (χ0n) is 17.3. The molecule has 0 radical (unpaired) electrons. The molecule has 1 heterocycles. The Morgan fingerprint density at radius 1 is 1.21 bits per heavy atom. The van der Waals surface area contributed by atoms with Crippen LogP contribution in [-0.4, -0.2) is 35.4 Å². The fraction of sp³-hybridized carbons (Fsp3) is 0.500. The van der Waals surface area contributed by atoms with Gasteiger partial charge in [-0.1, -0.05) is 13.0 Å². The molecule has 2 aromatic rings. The fourth-order valence-corrected chi connectivity index (χ4v) is 3.08. The van der Waals surface area contributed by atoms with Crippen molar-refractivity contribution in [2.45, 2.75) is 46.1 Å². The van der Waals surface area contributed by atoms with Crippen molar-refractivity contribution in [3.05, 3.63) is 52.3 Å². The van der Waals surface area contributed by atoms with E-state index in [1.807, 2.05) is 25.6 Å². The van der Waals surface area contributed by atoms with Gasteiger partial charge < -0.3 is 10.6 Å². The predicted molar refractivity (Wildman–Crippen MR) is 121 cm³/mol. The van der Waals surface area contributed by atoms with Crippen LogP contribution in [0.4, 0.5) is 8.78 Å². The summed E-state index contributed by atoms with van der Waals surface area (Å²) < 4.78 is 28.4. The number of rotatable bonds is 6. The average Bonchev–Trinajstić information content (AvgIpc) is 2.86. The molecule has 2 N–H and O–H groups in total. The third-order valence-electron chi connectivity index (χ3n) is 4.86. The van der Waals surface area contributed by atoms with Crippen LogP contribution < -0.4 is 10.6 Å². The van der Waals surface area contributed by atoms with Crippen molar-refractivity contribution >= 4 is 29.9 Å². The van der Waals surface area contributed by atoms with E-state index in [4.69, 9.17) is 0 Å². The lowest BCUT2D eigenvalue weighted by molar-refractivity contribution is 0.505. The van der Waals surface area contributed by atoms with E-state index >= 15 is 0 Å². The Kier molecular flexibility index (Phi) is 9.32. The molecule has 0 saturated heterocycles. The van der Waals surface area contributed by atoms with E-state index in [0.717, 1.165) is 29.4 Å². The van der Waals surface area contributed by atoms with E-state index in [1.165, 1.54) is 11.6 Å². The van der Waals surface area contributed by atoms with E-state index in [-0.39, 0.29) is 35.9 Å². The van der Waals surface area contributed by atoms with Crippen LogP contribution in [0.5, 0.6) is 0 Å². The number of nitrogens with zero attached hydrogens (tertiary/aromatic N) is 3. The molecule has 0 bridgehead atoms. The van der Waals surface area contributed by atoms with Gasteiger partial charge in [-0.15, -0.1) is 24.0 Å². The van der Waals surface area contributed by atoms with Gasteiger partial charge in [0.2, 0.25) is 0 Å². The van der Waals surface area contributed by atoms with Crippen LogP contribution in [-0.2, 0) is 13.5 Å². The number of hydrogen-bond acceptors (Lipinski definition) is 2. The maximum atomic E-state index is 13.4. The maximum Gasteiger partial charge on any atom is 0.191 e. The van der Waals surface area contributed by atoms with Crippen LogP contribution in [0.15, 0.2) is 23.2 Å². The molecule has 2 atom stereocenters. The molecule has 28 heavy (non-hydrogen) atoms. The SMILES string of the molecule is CN=C(NCC(C)c1ccc(F)c(F)c1)NC(C)Cc1c(C)nn(C)c1C.I. The van der Waals surface area contributed by atoms with Gasteiger partial charge in [0.1, 0.15) is 0 Å². The summed E-state index contributed by atoms with van der Waals surface area (Å²) in [5.74, 6) is -0.961. The zero-order valence-corrected chi connectivity index (χ0v) is 19.6. The number of guanidine groups is 1. The summed E-state index contributed by atoms with van der Waals surface area (Å²) in [7, 11) is 3.66. The highest BCUT2D eigenvalue weighted by molar-refractivity contribution is 14.0. The molecule has 0 aliphatic rings. The van der Waals surface area contributed by atoms with Crippen LogP contribution in [0.3, 0.4) is 0 Å². The van der Waals surface area contributed by atoms with E-state index < -0.39 is 11.6 Å². The third kappa shape index (κ3) is 6.15. The van der Waals surface area contributed by atoms with Crippen LogP contribution >= 0.6 is 24.0 Å². The summed E-state index contributed by atoms with van der Waals surface area (Å²) >= 11 is 0. The fourth-order valence-electron chi connectivity index (χ4n) is 3.08. The molecular formula is C20H30F2IN5. The molecule has 0 fully saturated rings. The van der Waals surface area contributed by atoms with Gasteiger partial charge in [-0.25, -0.2) is 8.78 Å².